The zero-order chi connectivity index (χ0) is 12.0. The van der Waals surface area contributed by atoms with E-state index in [-0.39, 0.29) is 24.1 Å². The Morgan fingerprint density at radius 3 is 2.62 bits per heavy atom. The summed E-state index contributed by atoms with van der Waals surface area (Å²) in [6.07, 6.45) is 4.04. The lowest BCUT2D eigenvalue weighted by Crippen LogP contribution is -2.45. The molecule has 0 aromatic heterocycles. The molecule has 0 bridgehead atoms. The summed E-state index contributed by atoms with van der Waals surface area (Å²) in [5.74, 6) is 0.103. The number of hydrogen-bond donors (Lipinski definition) is 2. The molecule has 1 saturated carbocycles. The highest BCUT2D eigenvalue weighted by Crippen LogP contribution is 2.24. The van der Waals surface area contributed by atoms with E-state index in [1.54, 1.807) is 0 Å². The van der Waals surface area contributed by atoms with Crippen LogP contribution in [-0.2, 0) is 10.0 Å². The minimum Gasteiger partial charge on any atom is -0.330 e. The number of halogens is 1. The molecule has 0 aliphatic heterocycles. The molecule has 4 nitrogen and oxygen atoms in total. The smallest absolute Gasteiger partial charge is 0.211 e. The molecule has 0 heterocycles. The number of hydrogen-bond acceptors (Lipinski definition) is 3. The Bertz CT molecular complexity index is 295. The molecule has 1 rings (SSSR count). The fourth-order valence-corrected chi connectivity index (χ4v) is 3.56. The van der Waals surface area contributed by atoms with E-state index in [0.717, 1.165) is 25.7 Å². The third-order valence-corrected chi connectivity index (χ3v) is 4.58. The van der Waals surface area contributed by atoms with Gasteiger partial charge in [0.25, 0.3) is 0 Å². The van der Waals surface area contributed by atoms with Gasteiger partial charge in [0.2, 0.25) is 10.0 Å². The Morgan fingerprint density at radius 1 is 1.31 bits per heavy atom. The van der Waals surface area contributed by atoms with Gasteiger partial charge >= 0.3 is 0 Å². The second kappa shape index (κ2) is 6.51. The number of nitrogens with two attached hydrogens (primary N) is 1. The fraction of sp³-hybridized carbons (Fsp3) is 1.00. The number of nitrogens with one attached hydrogen (secondary N) is 1. The molecule has 3 N–H and O–H groups in total. The lowest BCUT2D eigenvalue weighted by Gasteiger charge is -2.30. The standard InChI is InChI=1S/C10H21FN2O2S/c11-6-3-7-16(14,15)13-10-5-2-1-4-9(10)8-12/h9-10,13H,1-8,12H2. The Hall–Kier alpha value is -0.200. The van der Waals surface area contributed by atoms with E-state index < -0.39 is 16.7 Å². The summed E-state index contributed by atoms with van der Waals surface area (Å²) in [6, 6.07) is -0.0524. The molecule has 6 heteroatoms. The number of alkyl halides is 1. The summed E-state index contributed by atoms with van der Waals surface area (Å²) >= 11 is 0. The zero-order valence-electron chi connectivity index (χ0n) is 9.49. The van der Waals surface area contributed by atoms with Gasteiger partial charge in [0.05, 0.1) is 12.4 Å². The third-order valence-electron chi connectivity index (χ3n) is 3.09. The van der Waals surface area contributed by atoms with Gasteiger partial charge in [0.1, 0.15) is 0 Å². The molecule has 16 heavy (non-hydrogen) atoms. The van der Waals surface area contributed by atoms with Crippen molar-refractivity contribution < 1.29 is 12.8 Å². The van der Waals surface area contributed by atoms with Crippen LogP contribution in [0.1, 0.15) is 32.1 Å². The van der Waals surface area contributed by atoms with Gasteiger partial charge in [-0.1, -0.05) is 12.8 Å². The minimum atomic E-state index is -3.33. The molecule has 0 amide bonds. The van der Waals surface area contributed by atoms with Crippen molar-refractivity contribution in [3.05, 3.63) is 0 Å². The third kappa shape index (κ3) is 4.35. The van der Waals surface area contributed by atoms with E-state index in [9.17, 15) is 12.8 Å². The second-order valence-corrected chi connectivity index (χ2v) is 6.24. The molecule has 0 radical (unpaired) electrons. The van der Waals surface area contributed by atoms with Gasteiger partial charge in [-0.15, -0.1) is 0 Å². The van der Waals surface area contributed by atoms with Gasteiger partial charge < -0.3 is 5.73 Å². The van der Waals surface area contributed by atoms with Crippen molar-refractivity contribution in [2.45, 2.75) is 38.1 Å². The van der Waals surface area contributed by atoms with E-state index in [1.807, 2.05) is 0 Å². The first kappa shape index (κ1) is 13.9. The van der Waals surface area contributed by atoms with Crippen molar-refractivity contribution in [3.63, 3.8) is 0 Å². The Balaban J connectivity index is 2.50. The summed E-state index contributed by atoms with van der Waals surface area (Å²) in [7, 11) is -3.33. The van der Waals surface area contributed by atoms with E-state index in [2.05, 4.69) is 4.72 Å². The zero-order valence-corrected chi connectivity index (χ0v) is 10.3. The molecule has 0 spiro atoms. The van der Waals surface area contributed by atoms with Crippen molar-refractivity contribution in [2.24, 2.45) is 11.7 Å². The number of rotatable bonds is 6. The van der Waals surface area contributed by atoms with E-state index in [0.29, 0.717) is 6.54 Å². The number of sulfonamides is 1. The minimum absolute atomic E-state index is 0.0524. The average molecular weight is 252 g/mol. The quantitative estimate of drug-likeness (QED) is 0.734. The Kier molecular flexibility index (Phi) is 5.64. The van der Waals surface area contributed by atoms with Crippen LogP contribution in [0.3, 0.4) is 0 Å². The maximum atomic E-state index is 11.9. The van der Waals surface area contributed by atoms with Crippen molar-refractivity contribution in [1.82, 2.24) is 4.72 Å². The predicted octanol–water partition coefficient (Wildman–Crippen LogP) is 0.783. The highest BCUT2D eigenvalue weighted by Gasteiger charge is 2.27. The summed E-state index contributed by atoms with van der Waals surface area (Å²) < 4.78 is 37.8. The van der Waals surface area contributed by atoms with Crippen LogP contribution in [0.5, 0.6) is 0 Å². The highest BCUT2D eigenvalue weighted by molar-refractivity contribution is 7.89. The SMILES string of the molecule is NCC1CCCCC1NS(=O)(=O)CCCF. The largest absolute Gasteiger partial charge is 0.330 e. The van der Waals surface area contributed by atoms with Crippen LogP contribution in [0, 0.1) is 5.92 Å². The molecule has 96 valence electrons. The first-order valence-electron chi connectivity index (χ1n) is 5.85. The molecule has 0 aromatic rings. The summed E-state index contributed by atoms with van der Waals surface area (Å²) in [6.45, 7) is -0.0812. The summed E-state index contributed by atoms with van der Waals surface area (Å²) in [4.78, 5) is 0. The summed E-state index contributed by atoms with van der Waals surface area (Å²) in [5.41, 5.74) is 5.62. The molecule has 2 unspecified atom stereocenters. The fourth-order valence-electron chi connectivity index (χ4n) is 2.18. The molecular weight excluding hydrogens is 231 g/mol. The maximum Gasteiger partial charge on any atom is 0.211 e. The lowest BCUT2D eigenvalue weighted by atomic mass is 9.85. The van der Waals surface area contributed by atoms with Gasteiger partial charge in [0, 0.05) is 6.04 Å². The van der Waals surface area contributed by atoms with Crippen LogP contribution in [0.25, 0.3) is 0 Å². The monoisotopic (exact) mass is 252 g/mol. The molecule has 1 aliphatic carbocycles. The van der Waals surface area contributed by atoms with Gasteiger partial charge in [-0.05, 0) is 31.7 Å². The normalized spacial score (nSPS) is 26.9. The molecule has 2 atom stereocenters. The van der Waals surface area contributed by atoms with E-state index >= 15 is 0 Å². The van der Waals surface area contributed by atoms with Crippen LogP contribution in [0.15, 0.2) is 0 Å². The van der Waals surface area contributed by atoms with Crippen LogP contribution >= 0.6 is 0 Å². The second-order valence-electron chi connectivity index (χ2n) is 4.37. The lowest BCUT2D eigenvalue weighted by molar-refractivity contribution is 0.296. The van der Waals surface area contributed by atoms with Crippen LogP contribution in [-0.4, -0.2) is 33.4 Å². The molecule has 1 fully saturated rings. The molecule has 0 aromatic carbocycles. The topological polar surface area (TPSA) is 72.2 Å². The van der Waals surface area contributed by atoms with Crippen molar-refractivity contribution in [3.8, 4) is 0 Å². The van der Waals surface area contributed by atoms with Crippen molar-refractivity contribution in [2.75, 3.05) is 19.0 Å². The molecule has 1 aliphatic rings. The molecule has 0 saturated heterocycles. The summed E-state index contributed by atoms with van der Waals surface area (Å²) in [5, 5.41) is 0. The van der Waals surface area contributed by atoms with Crippen LogP contribution in [0.4, 0.5) is 4.39 Å². The Labute approximate surface area is 96.8 Å². The predicted molar refractivity (Wildman–Crippen MR) is 62.3 cm³/mol. The Morgan fingerprint density at radius 2 is 2.00 bits per heavy atom. The van der Waals surface area contributed by atoms with Crippen LogP contribution in [0.2, 0.25) is 0 Å². The van der Waals surface area contributed by atoms with E-state index in [4.69, 9.17) is 5.73 Å². The highest BCUT2D eigenvalue weighted by atomic mass is 32.2. The van der Waals surface area contributed by atoms with Gasteiger partial charge in [-0.25, -0.2) is 13.1 Å². The van der Waals surface area contributed by atoms with Gasteiger partial charge in [-0.2, -0.15) is 0 Å². The van der Waals surface area contributed by atoms with Crippen molar-refractivity contribution >= 4 is 10.0 Å². The van der Waals surface area contributed by atoms with Crippen molar-refractivity contribution in [1.29, 1.82) is 0 Å². The average Bonchev–Trinajstić information content (AvgIpc) is 2.27. The maximum absolute atomic E-state index is 11.9. The first-order valence-corrected chi connectivity index (χ1v) is 7.50. The van der Waals surface area contributed by atoms with Gasteiger partial charge in [0.15, 0.2) is 0 Å². The first-order chi connectivity index (χ1) is 7.59. The van der Waals surface area contributed by atoms with Crippen LogP contribution < -0.4 is 10.5 Å². The van der Waals surface area contributed by atoms with E-state index in [1.165, 1.54) is 0 Å². The molecular formula is C10H21FN2O2S. The van der Waals surface area contributed by atoms with Gasteiger partial charge in [-0.3, -0.25) is 4.39 Å².